The summed E-state index contributed by atoms with van der Waals surface area (Å²) >= 11 is 0. The molecule has 252 valence electrons. The lowest BCUT2D eigenvalue weighted by Crippen LogP contribution is -2.57. The van der Waals surface area contributed by atoms with Crippen LogP contribution in [0, 0.1) is 35.5 Å². The number of Topliss-reactive ketones (excluding diaryl/α,β-unsaturated/α-hetero) is 2. The molecule has 6 N–H and O–H groups in total. The van der Waals surface area contributed by atoms with Crippen LogP contribution in [0.4, 0.5) is 0 Å². The lowest BCUT2D eigenvalue weighted by molar-refractivity contribution is -0.140. The van der Waals surface area contributed by atoms with Crippen molar-refractivity contribution < 1.29 is 39.0 Å². The summed E-state index contributed by atoms with van der Waals surface area (Å²) in [4.78, 5) is 79.6. The highest BCUT2D eigenvalue weighted by Gasteiger charge is 2.37. The van der Waals surface area contributed by atoms with Gasteiger partial charge >= 0.3 is 0 Å². The van der Waals surface area contributed by atoms with E-state index < -0.39 is 95.2 Å². The topological polar surface area (TPSA) is 191 Å². The van der Waals surface area contributed by atoms with Gasteiger partial charge in [-0.05, 0) is 48.3 Å². The summed E-state index contributed by atoms with van der Waals surface area (Å²) in [6.45, 7) is 17.4. The van der Waals surface area contributed by atoms with Crippen LogP contribution < -0.4 is 21.3 Å². The molecular formula is C32H56N4O8. The predicted molar refractivity (Wildman–Crippen MR) is 166 cm³/mol. The normalized spacial score (nSPS) is 31.2. The van der Waals surface area contributed by atoms with E-state index in [1.807, 2.05) is 27.7 Å². The SMILES string of the molecule is CC(C)C[C@@H]1NC(=O)[C@H](C(C)C)NC(=O)[C@@H](O)C(C)CC(=O)[C@@H](CC(C)C)NC(=O)[C@@H](C(C)C)NC(=O)[C@@H](O)C(C)CC1=O. The largest absolute Gasteiger partial charge is 0.383 e. The fourth-order valence-electron chi connectivity index (χ4n) is 5.21. The molecule has 44 heavy (non-hydrogen) atoms. The molecule has 0 aromatic carbocycles. The van der Waals surface area contributed by atoms with E-state index in [9.17, 15) is 39.0 Å². The zero-order valence-corrected chi connectivity index (χ0v) is 28.1. The molecule has 12 nitrogen and oxygen atoms in total. The van der Waals surface area contributed by atoms with Crippen molar-refractivity contribution in [1.29, 1.82) is 0 Å². The third-order valence-corrected chi connectivity index (χ3v) is 7.98. The van der Waals surface area contributed by atoms with E-state index in [0.717, 1.165) is 0 Å². The molecule has 1 aliphatic rings. The van der Waals surface area contributed by atoms with Crippen LogP contribution in [-0.4, -0.2) is 81.8 Å². The van der Waals surface area contributed by atoms with Crippen LogP contribution in [0.15, 0.2) is 0 Å². The lowest BCUT2D eigenvalue weighted by Gasteiger charge is -2.30. The maximum absolute atomic E-state index is 13.4. The summed E-state index contributed by atoms with van der Waals surface area (Å²) in [7, 11) is 0. The number of rotatable bonds is 6. The first-order valence-corrected chi connectivity index (χ1v) is 15.9. The van der Waals surface area contributed by atoms with Crippen molar-refractivity contribution >= 4 is 35.2 Å². The minimum Gasteiger partial charge on any atom is -0.383 e. The van der Waals surface area contributed by atoms with Gasteiger partial charge in [0.1, 0.15) is 24.3 Å². The fourth-order valence-corrected chi connectivity index (χ4v) is 5.21. The van der Waals surface area contributed by atoms with Gasteiger partial charge in [-0.1, -0.05) is 69.2 Å². The molecule has 1 fully saturated rings. The number of ketones is 2. The third kappa shape index (κ3) is 11.9. The van der Waals surface area contributed by atoms with E-state index in [1.165, 1.54) is 13.8 Å². The second-order valence-electron chi connectivity index (χ2n) is 14.0. The summed E-state index contributed by atoms with van der Waals surface area (Å²) in [5, 5.41) is 32.3. The Morgan fingerprint density at radius 2 is 0.841 bits per heavy atom. The maximum Gasteiger partial charge on any atom is 0.249 e. The Morgan fingerprint density at radius 3 is 1.09 bits per heavy atom. The smallest absolute Gasteiger partial charge is 0.249 e. The molecule has 0 spiro atoms. The molecule has 1 saturated heterocycles. The van der Waals surface area contributed by atoms with Crippen molar-refractivity contribution in [2.24, 2.45) is 35.5 Å². The minimum absolute atomic E-state index is 0.00968. The Balaban J connectivity index is 3.54. The first-order chi connectivity index (χ1) is 20.3. The minimum atomic E-state index is -1.62. The number of nitrogens with one attached hydrogen (secondary N) is 4. The molecule has 12 heteroatoms. The highest BCUT2D eigenvalue weighted by molar-refractivity contribution is 5.96. The highest BCUT2D eigenvalue weighted by atomic mass is 16.3. The van der Waals surface area contributed by atoms with Gasteiger partial charge in [0.15, 0.2) is 11.6 Å². The molecule has 8 atom stereocenters. The lowest BCUT2D eigenvalue weighted by atomic mass is 9.89. The first-order valence-electron chi connectivity index (χ1n) is 15.9. The van der Waals surface area contributed by atoms with Crippen molar-refractivity contribution in [3.63, 3.8) is 0 Å². The Labute approximate surface area is 262 Å². The Morgan fingerprint density at radius 1 is 0.545 bits per heavy atom. The number of aliphatic hydroxyl groups excluding tert-OH is 2. The van der Waals surface area contributed by atoms with E-state index in [1.54, 1.807) is 27.7 Å². The van der Waals surface area contributed by atoms with E-state index in [-0.39, 0.29) is 37.5 Å². The average Bonchev–Trinajstić information content (AvgIpc) is 2.90. The van der Waals surface area contributed by atoms with Crippen molar-refractivity contribution in [2.75, 3.05) is 0 Å². The second kappa shape index (κ2) is 17.6. The van der Waals surface area contributed by atoms with Gasteiger partial charge in [-0.15, -0.1) is 0 Å². The number of aliphatic hydroxyl groups is 2. The summed E-state index contributed by atoms with van der Waals surface area (Å²) in [5.41, 5.74) is 0. The third-order valence-electron chi connectivity index (χ3n) is 7.98. The van der Waals surface area contributed by atoms with Crippen molar-refractivity contribution in [1.82, 2.24) is 21.3 Å². The van der Waals surface area contributed by atoms with Gasteiger partial charge in [-0.3, -0.25) is 28.8 Å². The summed E-state index contributed by atoms with van der Waals surface area (Å²) in [5.74, 6) is -6.14. The molecule has 0 saturated carbocycles. The van der Waals surface area contributed by atoms with Crippen molar-refractivity contribution in [2.45, 2.75) is 131 Å². The van der Waals surface area contributed by atoms with Crippen LogP contribution in [-0.2, 0) is 28.8 Å². The first kappa shape index (κ1) is 39.2. The molecule has 4 amide bonds. The van der Waals surface area contributed by atoms with Gasteiger partial charge in [0.2, 0.25) is 23.6 Å². The van der Waals surface area contributed by atoms with Crippen molar-refractivity contribution in [3.05, 3.63) is 0 Å². The van der Waals surface area contributed by atoms with Gasteiger partial charge in [-0.25, -0.2) is 0 Å². The monoisotopic (exact) mass is 624 g/mol. The molecule has 0 aromatic heterocycles. The number of carbonyl (C=O) groups excluding carboxylic acids is 6. The van der Waals surface area contributed by atoms with Gasteiger partial charge in [-0.2, -0.15) is 0 Å². The van der Waals surface area contributed by atoms with Crippen molar-refractivity contribution in [3.8, 4) is 0 Å². The van der Waals surface area contributed by atoms with Gasteiger partial charge < -0.3 is 31.5 Å². The molecule has 1 aliphatic heterocycles. The zero-order chi connectivity index (χ0) is 34.0. The van der Waals surface area contributed by atoms with Gasteiger partial charge in [0, 0.05) is 12.8 Å². The Hall–Kier alpha value is -2.86. The molecule has 0 aliphatic carbocycles. The van der Waals surface area contributed by atoms with E-state index in [4.69, 9.17) is 0 Å². The summed E-state index contributed by atoms with van der Waals surface area (Å²) in [6, 6.07) is -4.05. The fraction of sp³-hybridized carbons (Fsp3) is 0.812. The molecule has 2 unspecified atom stereocenters. The quantitative estimate of drug-likeness (QED) is 0.254. The van der Waals surface area contributed by atoms with Crippen LogP contribution >= 0.6 is 0 Å². The molecule has 0 bridgehead atoms. The zero-order valence-electron chi connectivity index (χ0n) is 28.1. The van der Waals surface area contributed by atoms with Crippen LogP contribution in [0.25, 0.3) is 0 Å². The second-order valence-corrected chi connectivity index (χ2v) is 14.0. The number of hydrogen-bond acceptors (Lipinski definition) is 8. The molecule has 0 radical (unpaired) electrons. The van der Waals surface area contributed by atoms with Gasteiger partial charge in [0.25, 0.3) is 0 Å². The van der Waals surface area contributed by atoms with Gasteiger partial charge in [0.05, 0.1) is 12.1 Å². The number of carbonyl (C=O) groups is 6. The maximum atomic E-state index is 13.4. The Bertz CT molecular complexity index is 948. The summed E-state index contributed by atoms with van der Waals surface area (Å²) in [6.07, 6.45) is -3.13. The van der Waals surface area contributed by atoms with Crippen LogP contribution in [0.3, 0.4) is 0 Å². The highest BCUT2D eigenvalue weighted by Crippen LogP contribution is 2.19. The standard InChI is InChI=1S/C32H56N4O8/c1-15(2)11-21-23(37)13-19(9)27(39)31(43)36-26(18(7)8)30(42)34-22(12-16(3)4)24(38)14-20(10)28(40)32(44)35-25(17(5)6)29(41)33-21/h15-22,25-28,39-40H,11-14H2,1-10H3,(H,33,41)(H,34,42)(H,35,44)(H,36,43)/t19?,20?,21-,22+,25-,26+,27-,28-/m0/s1. The van der Waals surface area contributed by atoms with Crippen LogP contribution in [0.1, 0.15) is 94.9 Å². The molecule has 1 rings (SSSR count). The number of hydrogen-bond donors (Lipinski definition) is 6. The number of amides is 4. The van der Waals surface area contributed by atoms with Crippen LogP contribution in [0.5, 0.6) is 0 Å². The molecule has 0 aromatic rings. The Kier molecular flexibility index (Phi) is 15.6. The molecular weight excluding hydrogens is 568 g/mol. The summed E-state index contributed by atoms with van der Waals surface area (Å²) < 4.78 is 0. The van der Waals surface area contributed by atoms with E-state index in [2.05, 4.69) is 21.3 Å². The van der Waals surface area contributed by atoms with Crippen LogP contribution in [0.2, 0.25) is 0 Å². The van der Waals surface area contributed by atoms with E-state index in [0.29, 0.717) is 0 Å². The predicted octanol–water partition coefficient (Wildman–Crippen LogP) is 1.26. The molecule has 1 heterocycles. The average molecular weight is 625 g/mol. The van der Waals surface area contributed by atoms with E-state index >= 15 is 0 Å².